The van der Waals surface area contributed by atoms with Crippen LogP contribution in [0.15, 0.2) is 18.2 Å². The van der Waals surface area contributed by atoms with E-state index in [9.17, 15) is 14.7 Å². The lowest BCUT2D eigenvalue weighted by Crippen LogP contribution is -2.38. The third-order valence-corrected chi connectivity index (χ3v) is 3.54. The van der Waals surface area contributed by atoms with Gasteiger partial charge in [-0.1, -0.05) is 6.07 Å². The molecule has 0 radical (unpaired) electrons. The fraction of sp³-hybridized carbons (Fsp3) is 0.467. The standard InChI is InChI=1S/C15H19NO5/c1-10(20-2)6-7-13(17)16-8-9-21-14-11(15(18)19)4-3-5-12(14)16/h3-5,10H,6-9H2,1-2H3,(H,18,19). The molecule has 1 aliphatic heterocycles. The topological polar surface area (TPSA) is 76.1 Å². The molecule has 0 spiro atoms. The zero-order chi connectivity index (χ0) is 15.4. The van der Waals surface area contributed by atoms with Gasteiger partial charge in [-0.2, -0.15) is 0 Å². The number of aromatic carboxylic acids is 1. The van der Waals surface area contributed by atoms with Gasteiger partial charge in [0, 0.05) is 13.5 Å². The molecule has 1 atom stereocenters. The van der Waals surface area contributed by atoms with E-state index in [0.29, 0.717) is 31.7 Å². The highest BCUT2D eigenvalue weighted by Gasteiger charge is 2.27. The fourth-order valence-corrected chi connectivity index (χ4v) is 2.26. The number of para-hydroxylation sites is 1. The summed E-state index contributed by atoms with van der Waals surface area (Å²) in [5.41, 5.74) is 0.603. The molecule has 1 unspecified atom stereocenters. The number of hydrogen-bond donors (Lipinski definition) is 1. The first kappa shape index (κ1) is 15.3. The monoisotopic (exact) mass is 293 g/mol. The van der Waals surface area contributed by atoms with E-state index in [2.05, 4.69) is 0 Å². The number of carbonyl (C=O) groups is 2. The van der Waals surface area contributed by atoms with Crippen molar-refractivity contribution < 1.29 is 24.2 Å². The summed E-state index contributed by atoms with van der Waals surface area (Å²) in [6.07, 6.45) is 0.992. The molecule has 1 aliphatic rings. The van der Waals surface area contributed by atoms with Crippen LogP contribution in [-0.4, -0.2) is 43.3 Å². The molecule has 0 fully saturated rings. The van der Waals surface area contributed by atoms with E-state index in [4.69, 9.17) is 9.47 Å². The Morgan fingerprint density at radius 1 is 1.48 bits per heavy atom. The van der Waals surface area contributed by atoms with Crippen LogP contribution >= 0.6 is 0 Å². The van der Waals surface area contributed by atoms with Crippen molar-refractivity contribution in [2.24, 2.45) is 0 Å². The summed E-state index contributed by atoms with van der Waals surface area (Å²) in [5, 5.41) is 9.17. The summed E-state index contributed by atoms with van der Waals surface area (Å²) in [5.74, 6) is -0.843. The van der Waals surface area contributed by atoms with Crippen LogP contribution in [-0.2, 0) is 9.53 Å². The molecule has 0 saturated heterocycles. The van der Waals surface area contributed by atoms with Gasteiger partial charge in [0.15, 0.2) is 5.75 Å². The fourth-order valence-electron chi connectivity index (χ4n) is 2.26. The Kier molecular flexibility index (Phi) is 4.80. The van der Waals surface area contributed by atoms with Gasteiger partial charge in [-0.25, -0.2) is 4.79 Å². The number of fused-ring (bicyclic) bond motifs is 1. The maximum atomic E-state index is 12.3. The van der Waals surface area contributed by atoms with E-state index in [1.807, 2.05) is 6.92 Å². The van der Waals surface area contributed by atoms with Gasteiger partial charge in [-0.05, 0) is 25.5 Å². The normalized spacial score (nSPS) is 15.0. The second-order valence-corrected chi connectivity index (χ2v) is 4.94. The summed E-state index contributed by atoms with van der Waals surface area (Å²) >= 11 is 0. The molecule has 2 rings (SSSR count). The number of rotatable bonds is 5. The van der Waals surface area contributed by atoms with Gasteiger partial charge in [0.2, 0.25) is 5.91 Å². The second kappa shape index (κ2) is 6.58. The Labute approximate surface area is 123 Å². The highest BCUT2D eigenvalue weighted by atomic mass is 16.5. The lowest BCUT2D eigenvalue weighted by atomic mass is 10.1. The van der Waals surface area contributed by atoms with Gasteiger partial charge in [0.05, 0.1) is 18.3 Å². The summed E-state index contributed by atoms with van der Waals surface area (Å²) in [6.45, 7) is 2.63. The van der Waals surface area contributed by atoms with Crippen molar-refractivity contribution in [1.82, 2.24) is 0 Å². The summed E-state index contributed by atoms with van der Waals surface area (Å²) in [6, 6.07) is 4.80. The number of ether oxygens (including phenoxy) is 2. The van der Waals surface area contributed by atoms with Gasteiger partial charge in [0.25, 0.3) is 0 Å². The highest BCUT2D eigenvalue weighted by Crippen LogP contribution is 2.35. The van der Waals surface area contributed by atoms with Crippen molar-refractivity contribution in [3.8, 4) is 5.75 Å². The molecular formula is C15H19NO5. The van der Waals surface area contributed by atoms with E-state index >= 15 is 0 Å². The van der Waals surface area contributed by atoms with Gasteiger partial charge >= 0.3 is 5.97 Å². The zero-order valence-electron chi connectivity index (χ0n) is 12.2. The highest BCUT2D eigenvalue weighted by molar-refractivity contribution is 6.00. The SMILES string of the molecule is COC(C)CCC(=O)N1CCOc2c(C(=O)O)cccc21. The first-order chi connectivity index (χ1) is 10.0. The first-order valence-corrected chi connectivity index (χ1v) is 6.87. The van der Waals surface area contributed by atoms with E-state index in [0.717, 1.165) is 0 Å². The molecule has 0 bridgehead atoms. The number of nitrogens with zero attached hydrogens (tertiary/aromatic N) is 1. The molecular weight excluding hydrogens is 274 g/mol. The third-order valence-electron chi connectivity index (χ3n) is 3.54. The van der Waals surface area contributed by atoms with Crippen LogP contribution in [0, 0.1) is 0 Å². The van der Waals surface area contributed by atoms with E-state index < -0.39 is 5.97 Å². The van der Waals surface area contributed by atoms with Crippen molar-refractivity contribution in [2.75, 3.05) is 25.2 Å². The quantitative estimate of drug-likeness (QED) is 0.897. The molecule has 1 heterocycles. The summed E-state index contributed by atoms with van der Waals surface area (Å²) in [7, 11) is 1.61. The lowest BCUT2D eigenvalue weighted by molar-refractivity contribution is -0.119. The number of amides is 1. The predicted molar refractivity (Wildman–Crippen MR) is 77.0 cm³/mol. The number of carbonyl (C=O) groups excluding carboxylic acids is 1. The number of benzene rings is 1. The molecule has 1 aromatic rings. The number of hydrogen-bond acceptors (Lipinski definition) is 4. The molecule has 0 aromatic heterocycles. The molecule has 6 nitrogen and oxygen atoms in total. The minimum atomic E-state index is -1.06. The van der Waals surface area contributed by atoms with Crippen molar-refractivity contribution in [3.05, 3.63) is 23.8 Å². The molecule has 1 N–H and O–H groups in total. The van der Waals surface area contributed by atoms with Crippen LogP contribution in [0.3, 0.4) is 0 Å². The Morgan fingerprint density at radius 3 is 2.90 bits per heavy atom. The van der Waals surface area contributed by atoms with Crippen molar-refractivity contribution in [1.29, 1.82) is 0 Å². The Bertz CT molecular complexity index is 543. The summed E-state index contributed by atoms with van der Waals surface area (Å²) < 4.78 is 10.6. The minimum absolute atomic E-state index is 0.0137. The van der Waals surface area contributed by atoms with Crippen molar-refractivity contribution >= 4 is 17.6 Å². The number of anilines is 1. The average Bonchev–Trinajstić information content (AvgIpc) is 2.50. The van der Waals surface area contributed by atoms with E-state index in [-0.39, 0.29) is 23.3 Å². The van der Waals surface area contributed by atoms with Crippen LogP contribution in [0.4, 0.5) is 5.69 Å². The largest absolute Gasteiger partial charge is 0.489 e. The molecule has 6 heteroatoms. The van der Waals surface area contributed by atoms with E-state index in [1.165, 1.54) is 6.07 Å². The molecule has 114 valence electrons. The Morgan fingerprint density at radius 2 is 2.24 bits per heavy atom. The number of carboxylic acid groups (broad SMARTS) is 1. The van der Waals surface area contributed by atoms with Crippen molar-refractivity contribution in [2.45, 2.75) is 25.9 Å². The second-order valence-electron chi connectivity index (χ2n) is 4.94. The van der Waals surface area contributed by atoms with Gasteiger partial charge in [-0.15, -0.1) is 0 Å². The van der Waals surface area contributed by atoms with Crippen LogP contribution in [0.2, 0.25) is 0 Å². The smallest absolute Gasteiger partial charge is 0.339 e. The predicted octanol–water partition coefficient (Wildman–Crippen LogP) is 1.93. The third kappa shape index (κ3) is 3.33. The summed E-state index contributed by atoms with van der Waals surface area (Å²) in [4.78, 5) is 25.1. The Balaban J connectivity index is 2.20. The Hall–Kier alpha value is -2.08. The maximum absolute atomic E-state index is 12.3. The van der Waals surface area contributed by atoms with Crippen molar-refractivity contribution in [3.63, 3.8) is 0 Å². The number of methoxy groups -OCH3 is 1. The maximum Gasteiger partial charge on any atom is 0.339 e. The van der Waals surface area contributed by atoms with E-state index in [1.54, 1.807) is 24.1 Å². The lowest BCUT2D eigenvalue weighted by Gasteiger charge is -2.30. The zero-order valence-corrected chi connectivity index (χ0v) is 12.2. The van der Waals surface area contributed by atoms with Gasteiger partial charge < -0.3 is 19.5 Å². The van der Waals surface area contributed by atoms with Crippen LogP contribution in [0.1, 0.15) is 30.1 Å². The molecule has 1 aromatic carbocycles. The van der Waals surface area contributed by atoms with Gasteiger partial charge in [-0.3, -0.25) is 4.79 Å². The average molecular weight is 293 g/mol. The molecule has 0 aliphatic carbocycles. The van der Waals surface area contributed by atoms with Crippen LogP contribution < -0.4 is 9.64 Å². The van der Waals surface area contributed by atoms with Crippen LogP contribution in [0.25, 0.3) is 0 Å². The van der Waals surface area contributed by atoms with Crippen LogP contribution in [0.5, 0.6) is 5.75 Å². The number of carboxylic acids is 1. The minimum Gasteiger partial charge on any atom is -0.489 e. The van der Waals surface area contributed by atoms with Gasteiger partial charge in [0.1, 0.15) is 12.2 Å². The first-order valence-electron chi connectivity index (χ1n) is 6.87. The molecule has 0 saturated carbocycles. The molecule has 21 heavy (non-hydrogen) atoms. The molecule has 1 amide bonds.